The van der Waals surface area contributed by atoms with Gasteiger partial charge in [-0.2, -0.15) is 0 Å². The Kier molecular flexibility index (Phi) is 11.5. The van der Waals surface area contributed by atoms with Gasteiger partial charge in [0.15, 0.2) is 0 Å². The summed E-state index contributed by atoms with van der Waals surface area (Å²) in [6, 6.07) is 8.21. The smallest absolute Gasteiger partial charge is 0.303 e. The number of hydrogen-bond acceptors (Lipinski definition) is 5. The lowest BCUT2D eigenvalue weighted by Crippen LogP contribution is -2.22. The van der Waals surface area contributed by atoms with E-state index in [9.17, 15) is 20.2 Å². The molecule has 1 aliphatic carbocycles. The van der Waals surface area contributed by atoms with Crippen LogP contribution in [0, 0.1) is 11.8 Å². The number of aliphatic hydroxyl groups excluding tert-OH is 2. The lowest BCUT2D eigenvalue weighted by molar-refractivity contribution is -0.137. The van der Waals surface area contributed by atoms with Gasteiger partial charge >= 0.3 is 5.97 Å². The summed E-state index contributed by atoms with van der Waals surface area (Å²) in [6.07, 6.45) is 7.82. The number of carboxylic acid groups (broad SMARTS) is 1. The predicted octanol–water partition coefficient (Wildman–Crippen LogP) is 5.17. The van der Waals surface area contributed by atoms with Crippen molar-refractivity contribution in [1.29, 1.82) is 0 Å². The van der Waals surface area contributed by atoms with Crippen molar-refractivity contribution in [1.82, 2.24) is 0 Å². The number of aliphatic hydroxyl groups is 2. The molecule has 0 saturated heterocycles. The maximum atomic E-state index is 10.6. The first-order valence-electron chi connectivity index (χ1n) is 11.4. The number of halogens is 1. The van der Waals surface area contributed by atoms with E-state index >= 15 is 0 Å². The molecule has 6 nitrogen and oxygen atoms in total. The van der Waals surface area contributed by atoms with Crippen molar-refractivity contribution in [2.24, 2.45) is 17.0 Å². The van der Waals surface area contributed by atoms with Crippen LogP contribution in [-0.2, 0) is 11.2 Å². The largest absolute Gasteiger partial charge is 0.481 e. The first-order chi connectivity index (χ1) is 14.9. The standard InChI is InChI=1S/C24H36BrNO5/c25-18-9-5-7-17(15-18)8-6-10-19(27)13-14-20-21(23(28)16-22(20)26-31)11-3-1-2-4-12-24(29)30/h5,7,9,15,19-21,23,27-28,31H,1-4,6,8,10-14,16H2,(H,29,30)/b26-22-/t19-,20+,21+,23-/m0/s1. The normalized spacial score (nSPS) is 23.3. The van der Waals surface area contributed by atoms with Gasteiger partial charge in [-0.1, -0.05) is 52.5 Å². The number of aryl methyl sites for hydroxylation is 1. The van der Waals surface area contributed by atoms with Crippen LogP contribution < -0.4 is 0 Å². The van der Waals surface area contributed by atoms with Crippen LogP contribution in [0.2, 0.25) is 0 Å². The molecule has 1 aromatic carbocycles. The second-order valence-electron chi connectivity index (χ2n) is 8.73. The molecule has 4 atom stereocenters. The van der Waals surface area contributed by atoms with Gasteiger partial charge in [-0.3, -0.25) is 4.79 Å². The van der Waals surface area contributed by atoms with Crippen molar-refractivity contribution in [2.45, 2.75) is 89.3 Å². The molecule has 0 unspecified atom stereocenters. The third kappa shape index (κ3) is 9.29. The number of nitrogens with zero attached hydrogens (tertiary/aromatic N) is 1. The second-order valence-corrected chi connectivity index (χ2v) is 9.65. The van der Waals surface area contributed by atoms with Crippen LogP contribution >= 0.6 is 15.9 Å². The van der Waals surface area contributed by atoms with Gasteiger partial charge in [0.2, 0.25) is 0 Å². The quantitative estimate of drug-likeness (QED) is 0.161. The molecule has 1 aromatic rings. The zero-order valence-corrected chi connectivity index (χ0v) is 19.7. The highest BCUT2D eigenvalue weighted by Crippen LogP contribution is 2.37. The fourth-order valence-corrected chi connectivity index (χ4v) is 5.13. The highest BCUT2D eigenvalue weighted by molar-refractivity contribution is 9.10. The van der Waals surface area contributed by atoms with Gasteiger partial charge < -0.3 is 20.5 Å². The van der Waals surface area contributed by atoms with E-state index in [1.807, 2.05) is 12.1 Å². The molecular weight excluding hydrogens is 462 g/mol. The molecule has 0 spiro atoms. The van der Waals surface area contributed by atoms with E-state index in [-0.39, 0.29) is 18.3 Å². The van der Waals surface area contributed by atoms with Gasteiger partial charge in [-0.15, -0.1) is 0 Å². The van der Waals surface area contributed by atoms with Gasteiger partial charge in [0, 0.05) is 23.2 Å². The number of unbranched alkanes of at least 4 members (excludes halogenated alkanes) is 3. The summed E-state index contributed by atoms with van der Waals surface area (Å²) < 4.78 is 1.06. The fourth-order valence-electron chi connectivity index (χ4n) is 4.68. The summed E-state index contributed by atoms with van der Waals surface area (Å²) in [7, 11) is 0. The number of oxime groups is 1. The van der Waals surface area contributed by atoms with Gasteiger partial charge in [-0.05, 0) is 68.6 Å². The molecule has 1 aliphatic rings. The van der Waals surface area contributed by atoms with Crippen molar-refractivity contribution in [3.63, 3.8) is 0 Å². The van der Waals surface area contributed by atoms with E-state index in [1.54, 1.807) is 0 Å². The summed E-state index contributed by atoms with van der Waals surface area (Å²) in [5.74, 6) is -0.719. The van der Waals surface area contributed by atoms with Crippen LogP contribution in [0.15, 0.2) is 33.9 Å². The number of carboxylic acids is 1. The summed E-state index contributed by atoms with van der Waals surface area (Å²) in [4.78, 5) is 10.6. The third-order valence-corrected chi connectivity index (χ3v) is 6.86. The fraction of sp³-hybridized carbons (Fsp3) is 0.667. The Labute approximate surface area is 193 Å². The van der Waals surface area contributed by atoms with Gasteiger partial charge in [0.1, 0.15) is 0 Å². The third-order valence-electron chi connectivity index (χ3n) is 6.37. The molecule has 7 heteroatoms. The number of hydrogen-bond donors (Lipinski definition) is 4. The number of benzene rings is 1. The molecule has 0 amide bonds. The van der Waals surface area contributed by atoms with E-state index < -0.39 is 18.2 Å². The molecular formula is C24H36BrNO5. The lowest BCUT2D eigenvalue weighted by atomic mass is 9.84. The zero-order chi connectivity index (χ0) is 22.6. The van der Waals surface area contributed by atoms with E-state index in [4.69, 9.17) is 5.11 Å². The Hall–Kier alpha value is -1.44. The lowest BCUT2D eigenvalue weighted by Gasteiger charge is -2.23. The first-order valence-corrected chi connectivity index (χ1v) is 12.2. The maximum Gasteiger partial charge on any atom is 0.303 e. The Balaban J connectivity index is 1.73. The average molecular weight is 498 g/mol. The predicted molar refractivity (Wildman–Crippen MR) is 124 cm³/mol. The average Bonchev–Trinajstić information content (AvgIpc) is 3.03. The highest BCUT2D eigenvalue weighted by Gasteiger charge is 2.39. The SMILES string of the molecule is O=C(O)CCCCCC[C@H]1[C@@H](O)C/C(=N/O)[C@@H]1CC[C@@H](O)CCCc1cccc(Br)c1. The van der Waals surface area contributed by atoms with E-state index in [2.05, 4.69) is 33.2 Å². The zero-order valence-electron chi connectivity index (χ0n) is 18.1. The van der Waals surface area contributed by atoms with Crippen LogP contribution in [0.4, 0.5) is 0 Å². The summed E-state index contributed by atoms with van der Waals surface area (Å²) in [5.41, 5.74) is 1.89. The molecule has 174 valence electrons. The van der Waals surface area contributed by atoms with Crippen molar-refractivity contribution < 1.29 is 25.3 Å². The van der Waals surface area contributed by atoms with Crippen LogP contribution in [0.3, 0.4) is 0 Å². The highest BCUT2D eigenvalue weighted by atomic mass is 79.9. The first kappa shape index (κ1) is 25.8. The monoisotopic (exact) mass is 497 g/mol. The van der Waals surface area contributed by atoms with E-state index in [0.717, 1.165) is 49.4 Å². The minimum Gasteiger partial charge on any atom is -0.481 e. The molecule has 1 saturated carbocycles. The molecule has 31 heavy (non-hydrogen) atoms. The summed E-state index contributed by atoms with van der Waals surface area (Å²) in [5, 5.41) is 42.4. The molecule has 4 N–H and O–H groups in total. The van der Waals surface area contributed by atoms with Gasteiger partial charge in [0.05, 0.1) is 17.9 Å². The van der Waals surface area contributed by atoms with E-state index in [0.29, 0.717) is 31.4 Å². The van der Waals surface area contributed by atoms with Gasteiger partial charge in [0.25, 0.3) is 0 Å². The van der Waals surface area contributed by atoms with Crippen LogP contribution in [0.5, 0.6) is 0 Å². The van der Waals surface area contributed by atoms with Crippen molar-refractivity contribution >= 4 is 27.6 Å². The number of aliphatic carboxylic acids is 1. The van der Waals surface area contributed by atoms with E-state index in [1.165, 1.54) is 5.56 Å². The molecule has 0 radical (unpaired) electrons. The molecule has 0 heterocycles. The van der Waals surface area contributed by atoms with Crippen molar-refractivity contribution in [3.05, 3.63) is 34.3 Å². The van der Waals surface area contributed by atoms with Crippen molar-refractivity contribution in [2.75, 3.05) is 0 Å². The topological polar surface area (TPSA) is 110 Å². The van der Waals surface area contributed by atoms with Crippen molar-refractivity contribution in [3.8, 4) is 0 Å². The molecule has 2 rings (SSSR count). The molecule has 0 aromatic heterocycles. The maximum absolute atomic E-state index is 10.6. The molecule has 1 fully saturated rings. The Morgan fingerprint density at radius 3 is 2.61 bits per heavy atom. The number of carbonyl (C=O) groups is 1. The molecule has 0 bridgehead atoms. The summed E-state index contributed by atoms with van der Waals surface area (Å²) in [6.45, 7) is 0. The number of rotatable bonds is 14. The Morgan fingerprint density at radius 2 is 1.90 bits per heavy atom. The van der Waals surface area contributed by atoms with Crippen LogP contribution in [0.25, 0.3) is 0 Å². The van der Waals surface area contributed by atoms with Crippen LogP contribution in [0.1, 0.15) is 76.2 Å². The summed E-state index contributed by atoms with van der Waals surface area (Å²) >= 11 is 3.48. The second kappa shape index (κ2) is 13.9. The minimum absolute atomic E-state index is 0.00116. The Morgan fingerprint density at radius 1 is 1.13 bits per heavy atom. The van der Waals surface area contributed by atoms with Gasteiger partial charge in [-0.25, -0.2) is 0 Å². The minimum atomic E-state index is -0.759. The Bertz CT molecular complexity index is 711. The van der Waals surface area contributed by atoms with Crippen LogP contribution in [-0.4, -0.2) is 44.4 Å². The molecule has 0 aliphatic heterocycles.